The number of carbonyl (C=O) groups is 2. The first kappa shape index (κ1) is 22.4. The van der Waals surface area contributed by atoms with Crippen molar-refractivity contribution in [1.82, 2.24) is 10.2 Å². The number of carbonyl (C=O) groups excluding carboxylic acids is 2. The maximum Gasteiger partial charge on any atom is 0.253 e. The van der Waals surface area contributed by atoms with Crippen molar-refractivity contribution < 1.29 is 14.3 Å². The first-order chi connectivity index (χ1) is 16.0. The van der Waals surface area contributed by atoms with E-state index in [-0.39, 0.29) is 17.9 Å². The Labute approximate surface area is 194 Å². The molecular weight excluding hydrogens is 414 g/mol. The molecule has 0 spiro atoms. The fraction of sp³-hybridized carbons (Fsp3) is 0.259. The van der Waals surface area contributed by atoms with Gasteiger partial charge in [0.05, 0.1) is 18.4 Å². The number of para-hydroxylation sites is 1. The number of aryl methyl sites for hydroxylation is 1. The predicted octanol–water partition coefficient (Wildman–Crippen LogP) is 4.78. The summed E-state index contributed by atoms with van der Waals surface area (Å²) in [6.07, 6.45) is 1.47. The highest BCUT2D eigenvalue weighted by molar-refractivity contribution is 6.00. The van der Waals surface area contributed by atoms with E-state index >= 15 is 0 Å². The molecule has 170 valence electrons. The highest BCUT2D eigenvalue weighted by Crippen LogP contribution is 2.23. The number of hydrogen-bond donors (Lipinski definition) is 2. The van der Waals surface area contributed by atoms with Crippen LogP contribution in [-0.4, -0.2) is 43.0 Å². The molecule has 0 aliphatic carbocycles. The van der Waals surface area contributed by atoms with Gasteiger partial charge >= 0.3 is 0 Å². The van der Waals surface area contributed by atoms with Gasteiger partial charge < -0.3 is 20.3 Å². The summed E-state index contributed by atoms with van der Waals surface area (Å²) in [5.41, 5.74) is 4.05. The molecule has 1 aliphatic rings. The Hall–Kier alpha value is -3.80. The maximum atomic E-state index is 13.0. The number of likely N-dealkylation sites (tertiary alicyclic amines) is 1. The molecule has 1 aliphatic heterocycles. The minimum absolute atomic E-state index is 0.0358. The third-order valence-corrected chi connectivity index (χ3v) is 5.96. The summed E-state index contributed by atoms with van der Waals surface area (Å²) in [6.45, 7) is 3.26. The molecule has 0 radical (unpaired) electrons. The zero-order chi connectivity index (χ0) is 23.2. The van der Waals surface area contributed by atoms with Crippen LogP contribution in [0.4, 0.5) is 11.4 Å². The molecule has 1 fully saturated rings. The fourth-order valence-corrected chi connectivity index (χ4v) is 3.99. The smallest absolute Gasteiger partial charge is 0.253 e. The van der Waals surface area contributed by atoms with Gasteiger partial charge in [-0.05, 0) is 68.3 Å². The molecule has 0 saturated carbocycles. The highest BCUT2D eigenvalue weighted by atomic mass is 16.5. The van der Waals surface area contributed by atoms with Crippen molar-refractivity contribution in [1.29, 1.82) is 0 Å². The van der Waals surface area contributed by atoms with E-state index in [0.29, 0.717) is 24.2 Å². The summed E-state index contributed by atoms with van der Waals surface area (Å²) in [6, 6.07) is 22.7. The number of ether oxygens (including phenoxy) is 1. The normalized spacial score (nSPS) is 13.9. The van der Waals surface area contributed by atoms with Gasteiger partial charge in [-0.15, -0.1) is 0 Å². The van der Waals surface area contributed by atoms with Crippen molar-refractivity contribution in [3.05, 3.63) is 89.5 Å². The molecule has 33 heavy (non-hydrogen) atoms. The van der Waals surface area contributed by atoms with Crippen molar-refractivity contribution in [2.45, 2.75) is 25.8 Å². The van der Waals surface area contributed by atoms with Crippen LogP contribution in [0.25, 0.3) is 0 Å². The van der Waals surface area contributed by atoms with Crippen LogP contribution in [0.1, 0.15) is 39.1 Å². The quantitative estimate of drug-likeness (QED) is 0.575. The van der Waals surface area contributed by atoms with Gasteiger partial charge in [0, 0.05) is 30.4 Å². The van der Waals surface area contributed by atoms with Crippen LogP contribution in [0.15, 0.2) is 72.8 Å². The summed E-state index contributed by atoms with van der Waals surface area (Å²) >= 11 is 0. The molecule has 2 amide bonds. The van der Waals surface area contributed by atoms with Crippen LogP contribution in [0, 0.1) is 6.92 Å². The second-order valence-electron chi connectivity index (χ2n) is 8.31. The van der Waals surface area contributed by atoms with Gasteiger partial charge in [-0.25, -0.2) is 0 Å². The van der Waals surface area contributed by atoms with Crippen molar-refractivity contribution in [3.63, 3.8) is 0 Å². The summed E-state index contributed by atoms with van der Waals surface area (Å²) in [5.74, 6) is 0.711. The zero-order valence-electron chi connectivity index (χ0n) is 19.0. The molecule has 1 saturated heterocycles. The van der Waals surface area contributed by atoms with Gasteiger partial charge in [0.2, 0.25) is 0 Å². The van der Waals surface area contributed by atoms with E-state index in [0.717, 1.165) is 35.5 Å². The topological polar surface area (TPSA) is 70.7 Å². The number of methoxy groups -OCH3 is 1. The molecular formula is C27H29N3O3. The molecule has 3 aromatic carbocycles. The Morgan fingerprint density at radius 3 is 2.24 bits per heavy atom. The summed E-state index contributed by atoms with van der Waals surface area (Å²) < 4.78 is 5.20. The van der Waals surface area contributed by atoms with E-state index in [1.165, 1.54) is 0 Å². The summed E-state index contributed by atoms with van der Waals surface area (Å²) in [4.78, 5) is 27.7. The molecule has 2 N–H and O–H groups in total. The van der Waals surface area contributed by atoms with Gasteiger partial charge in [-0.2, -0.15) is 0 Å². The summed E-state index contributed by atoms with van der Waals surface area (Å²) in [7, 11) is 1.63. The van der Waals surface area contributed by atoms with E-state index in [4.69, 9.17) is 4.74 Å². The Morgan fingerprint density at radius 1 is 0.909 bits per heavy atom. The highest BCUT2D eigenvalue weighted by Gasteiger charge is 2.25. The van der Waals surface area contributed by atoms with Crippen LogP contribution >= 0.6 is 0 Å². The average molecular weight is 444 g/mol. The second-order valence-corrected chi connectivity index (χ2v) is 8.31. The fourth-order valence-electron chi connectivity index (χ4n) is 3.99. The van der Waals surface area contributed by atoms with E-state index in [9.17, 15) is 9.59 Å². The Morgan fingerprint density at radius 2 is 1.58 bits per heavy atom. The lowest BCUT2D eigenvalue weighted by Crippen LogP contribution is -2.46. The monoisotopic (exact) mass is 443 g/mol. The Kier molecular flexibility index (Phi) is 6.93. The lowest BCUT2D eigenvalue weighted by molar-refractivity contribution is 0.0698. The van der Waals surface area contributed by atoms with Gasteiger partial charge in [0.15, 0.2) is 0 Å². The molecule has 0 aromatic heterocycles. The van der Waals surface area contributed by atoms with Crippen LogP contribution in [-0.2, 0) is 0 Å². The molecule has 0 unspecified atom stereocenters. The van der Waals surface area contributed by atoms with Crippen molar-refractivity contribution in [2.75, 3.05) is 25.5 Å². The molecule has 1 heterocycles. The van der Waals surface area contributed by atoms with Crippen LogP contribution < -0.4 is 15.4 Å². The van der Waals surface area contributed by atoms with Gasteiger partial charge in [0.25, 0.3) is 11.8 Å². The van der Waals surface area contributed by atoms with Gasteiger partial charge in [-0.1, -0.05) is 29.8 Å². The summed E-state index contributed by atoms with van der Waals surface area (Å²) in [5, 5.41) is 6.47. The molecule has 3 aromatic rings. The number of piperidine rings is 1. The van der Waals surface area contributed by atoms with Crippen molar-refractivity contribution in [2.24, 2.45) is 0 Å². The third kappa shape index (κ3) is 5.52. The molecule has 6 heteroatoms. The van der Waals surface area contributed by atoms with Crippen molar-refractivity contribution in [3.8, 4) is 5.75 Å². The minimum atomic E-state index is -0.116. The molecule has 6 nitrogen and oxygen atoms in total. The molecule has 0 bridgehead atoms. The van der Waals surface area contributed by atoms with E-state index in [1.807, 2.05) is 84.6 Å². The minimum Gasteiger partial charge on any atom is -0.497 e. The lowest BCUT2D eigenvalue weighted by atomic mass is 10.0. The Bertz CT molecular complexity index is 1100. The zero-order valence-corrected chi connectivity index (χ0v) is 19.0. The van der Waals surface area contributed by atoms with Gasteiger partial charge in [-0.3, -0.25) is 9.59 Å². The number of nitrogens with one attached hydrogen (secondary N) is 2. The molecule has 0 atom stereocenters. The molecule has 4 rings (SSSR count). The third-order valence-electron chi connectivity index (χ3n) is 5.96. The number of nitrogens with zero attached hydrogens (tertiary/aromatic N) is 1. The van der Waals surface area contributed by atoms with E-state index in [2.05, 4.69) is 10.6 Å². The largest absolute Gasteiger partial charge is 0.497 e. The second kappa shape index (κ2) is 10.2. The van der Waals surface area contributed by atoms with Gasteiger partial charge in [0.1, 0.15) is 5.75 Å². The van der Waals surface area contributed by atoms with Crippen LogP contribution in [0.2, 0.25) is 0 Å². The first-order valence-electron chi connectivity index (χ1n) is 11.2. The number of anilines is 2. The standard InChI is InChI=1S/C27H29N3O3/c1-19-7-9-20(10-8-19)27(32)30-17-15-22(16-18-30)29-26(31)24-5-3-4-6-25(24)28-21-11-13-23(33-2)14-12-21/h3-14,22,28H,15-18H2,1-2H3,(H,29,31). The van der Waals surface area contributed by atoms with E-state index in [1.54, 1.807) is 7.11 Å². The maximum absolute atomic E-state index is 13.0. The predicted molar refractivity (Wildman–Crippen MR) is 130 cm³/mol. The number of hydrogen-bond acceptors (Lipinski definition) is 4. The van der Waals surface area contributed by atoms with Crippen molar-refractivity contribution >= 4 is 23.2 Å². The van der Waals surface area contributed by atoms with E-state index < -0.39 is 0 Å². The number of rotatable bonds is 6. The lowest BCUT2D eigenvalue weighted by Gasteiger charge is -2.32. The number of amides is 2. The van der Waals surface area contributed by atoms with Crippen LogP contribution in [0.5, 0.6) is 5.75 Å². The Balaban J connectivity index is 1.35. The number of benzene rings is 3. The average Bonchev–Trinajstić information content (AvgIpc) is 2.85. The SMILES string of the molecule is COc1ccc(Nc2ccccc2C(=O)NC2CCN(C(=O)c3ccc(C)cc3)CC2)cc1. The first-order valence-corrected chi connectivity index (χ1v) is 11.2. The van der Waals surface area contributed by atoms with Crippen LogP contribution in [0.3, 0.4) is 0 Å².